The molecule has 1 aromatic heterocycles. The first-order valence-electron chi connectivity index (χ1n) is 5.48. The molecule has 1 aliphatic heterocycles. The summed E-state index contributed by atoms with van der Waals surface area (Å²) in [6, 6.07) is 1.75. The summed E-state index contributed by atoms with van der Waals surface area (Å²) in [5.41, 5.74) is 1.42. The second-order valence-corrected chi connectivity index (χ2v) is 4.18. The minimum atomic E-state index is -0.867. The summed E-state index contributed by atoms with van der Waals surface area (Å²) in [6.45, 7) is 4.91. The van der Waals surface area contributed by atoms with Crippen molar-refractivity contribution in [1.82, 2.24) is 14.8 Å². The number of carboxylic acid groups (broad SMARTS) is 1. The van der Waals surface area contributed by atoms with Gasteiger partial charge < -0.3 is 15.0 Å². The first-order valence-corrected chi connectivity index (χ1v) is 5.48. The molecule has 0 unspecified atom stereocenters. The fraction of sp³-hybridized carbons (Fsp3) is 0.545. The van der Waals surface area contributed by atoms with Crippen LogP contribution in [-0.2, 0) is 13.6 Å². The van der Waals surface area contributed by atoms with Crippen LogP contribution in [-0.4, -0.2) is 46.7 Å². The van der Waals surface area contributed by atoms with Crippen molar-refractivity contribution in [3.05, 3.63) is 23.5 Å². The highest BCUT2D eigenvalue weighted by atomic mass is 16.4. The summed E-state index contributed by atoms with van der Waals surface area (Å²) in [6.07, 6.45) is 1.89. The number of aromatic nitrogens is 1. The zero-order chi connectivity index (χ0) is 11.5. The molecule has 0 bridgehead atoms. The van der Waals surface area contributed by atoms with Crippen molar-refractivity contribution in [2.24, 2.45) is 7.05 Å². The van der Waals surface area contributed by atoms with Crippen LogP contribution in [0.25, 0.3) is 0 Å². The Labute approximate surface area is 94.7 Å². The number of aromatic carboxylic acids is 1. The molecule has 1 aromatic rings. The molecule has 2 rings (SSSR count). The van der Waals surface area contributed by atoms with E-state index < -0.39 is 5.97 Å². The summed E-state index contributed by atoms with van der Waals surface area (Å²) in [4.78, 5) is 13.2. The number of piperazine rings is 1. The molecule has 0 aromatic carbocycles. The molecule has 5 nitrogen and oxygen atoms in total. The van der Waals surface area contributed by atoms with Crippen molar-refractivity contribution in [1.29, 1.82) is 0 Å². The molecule has 1 saturated heterocycles. The van der Waals surface area contributed by atoms with E-state index in [9.17, 15) is 4.79 Å². The number of hydrogen-bond donors (Lipinski definition) is 2. The predicted octanol–water partition coefficient (Wildman–Crippen LogP) is 0.129. The maximum absolute atomic E-state index is 10.9. The van der Waals surface area contributed by atoms with Gasteiger partial charge in [-0.05, 0) is 11.6 Å². The lowest BCUT2D eigenvalue weighted by Crippen LogP contribution is -2.42. The first kappa shape index (κ1) is 11.2. The maximum Gasteiger partial charge on any atom is 0.352 e. The Morgan fingerprint density at radius 1 is 1.50 bits per heavy atom. The fourth-order valence-corrected chi connectivity index (χ4v) is 2.06. The Balaban J connectivity index is 2.03. The van der Waals surface area contributed by atoms with Gasteiger partial charge in [0.05, 0.1) is 0 Å². The number of carbonyl (C=O) groups is 1. The largest absolute Gasteiger partial charge is 0.477 e. The van der Waals surface area contributed by atoms with Gasteiger partial charge in [0.25, 0.3) is 0 Å². The Morgan fingerprint density at radius 3 is 2.75 bits per heavy atom. The molecule has 0 atom stereocenters. The van der Waals surface area contributed by atoms with Gasteiger partial charge in [0, 0.05) is 46.0 Å². The zero-order valence-corrected chi connectivity index (χ0v) is 9.44. The van der Waals surface area contributed by atoms with E-state index >= 15 is 0 Å². The molecular weight excluding hydrogens is 206 g/mol. The monoisotopic (exact) mass is 223 g/mol. The molecule has 2 N–H and O–H groups in total. The van der Waals surface area contributed by atoms with Gasteiger partial charge in [-0.2, -0.15) is 0 Å². The van der Waals surface area contributed by atoms with E-state index in [0.29, 0.717) is 5.69 Å². The number of hydrogen-bond acceptors (Lipinski definition) is 3. The first-order chi connectivity index (χ1) is 7.66. The van der Waals surface area contributed by atoms with Gasteiger partial charge in [0.15, 0.2) is 0 Å². The summed E-state index contributed by atoms with van der Waals surface area (Å²) < 4.78 is 1.67. The van der Waals surface area contributed by atoms with Crippen molar-refractivity contribution < 1.29 is 9.90 Å². The van der Waals surface area contributed by atoms with Gasteiger partial charge in [0.1, 0.15) is 5.69 Å². The molecule has 88 valence electrons. The highest BCUT2D eigenvalue weighted by Crippen LogP contribution is 2.10. The number of nitrogens with zero attached hydrogens (tertiary/aromatic N) is 2. The van der Waals surface area contributed by atoms with Crippen LogP contribution in [0.5, 0.6) is 0 Å². The molecule has 5 heteroatoms. The smallest absolute Gasteiger partial charge is 0.352 e. The minimum absolute atomic E-state index is 0.352. The maximum atomic E-state index is 10.9. The quantitative estimate of drug-likeness (QED) is 0.764. The van der Waals surface area contributed by atoms with Crippen molar-refractivity contribution in [2.75, 3.05) is 26.2 Å². The minimum Gasteiger partial charge on any atom is -0.477 e. The van der Waals surface area contributed by atoms with Crippen LogP contribution in [0.1, 0.15) is 16.1 Å². The van der Waals surface area contributed by atoms with E-state index in [1.807, 2.05) is 6.20 Å². The van der Waals surface area contributed by atoms with Gasteiger partial charge in [-0.15, -0.1) is 0 Å². The van der Waals surface area contributed by atoms with Crippen LogP contribution >= 0.6 is 0 Å². The van der Waals surface area contributed by atoms with Crippen molar-refractivity contribution in [3.8, 4) is 0 Å². The molecular formula is C11H17N3O2. The van der Waals surface area contributed by atoms with Crippen molar-refractivity contribution in [3.63, 3.8) is 0 Å². The summed E-state index contributed by atoms with van der Waals surface area (Å²) in [5.74, 6) is -0.867. The van der Waals surface area contributed by atoms with Gasteiger partial charge in [-0.1, -0.05) is 0 Å². The summed E-state index contributed by atoms with van der Waals surface area (Å²) in [5, 5.41) is 12.2. The number of aryl methyl sites for hydroxylation is 1. The van der Waals surface area contributed by atoms with E-state index in [2.05, 4.69) is 10.2 Å². The average molecular weight is 223 g/mol. The lowest BCUT2D eigenvalue weighted by Gasteiger charge is -2.26. The lowest BCUT2D eigenvalue weighted by molar-refractivity contribution is 0.0686. The summed E-state index contributed by atoms with van der Waals surface area (Å²) >= 11 is 0. The third kappa shape index (κ3) is 2.43. The Hall–Kier alpha value is -1.33. The molecule has 0 amide bonds. The Morgan fingerprint density at radius 2 is 2.19 bits per heavy atom. The van der Waals surface area contributed by atoms with Gasteiger partial charge in [-0.3, -0.25) is 4.90 Å². The van der Waals surface area contributed by atoms with Gasteiger partial charge >= 0.3 is 5.97 Å². The van der Waals surface area contributed by atoms with E-state index in [0.717, 1.165) is 38.3 Å². The Bertz CT molecular complexity index is 381. The number of carboxylic acids is 1. The van der Waals surface area contributed by atoms with Crippen LogP contribution in [0.3, 0.4) is 0 Å². The van der Waals surface area contributed by atoms with Crippen molar-refractivity contribution >= 4 is 5.97 Å². The fourth-order valence-electron chi connectivity index (χ4n) is 2.06. The van der Waals surface area contributed by atoms with Gasteiger partial charge in [0.2, 0.25) is 0 Å². The van der Waals surface area contributed by atoms with E-state index in [-0.39, 0.29) is 0 Å². The molecule has 0 radical (unpaired) electrons. The third-order valence-electron chi connectivity index (χ3n) is 2.90. The zero-order valence-electron chi connectivity index (χ0n) is 9.44. The highest BCUT2D eigenvalue weighted by molar-refractivity contribution is 5.86. The molecule has 1 fully saturated rings. The van der Waals surface area contributed by atoms with E-state index in [1.165, 1.54) is 0 Å². The van der Waals surface area contributed by atoms with Crippen LogP contribution < -0.4 is 5.32 Å². The van der Waals surface area contributed by atoms with Crippen LogP contribution in [0.2, 0.25) is 0 Å². The third-order valence-corrected chi connectivity index (χ3v) is 2.90. The topological polar surface area (TPSA) is 57.5 Å². The van der Waals surface area contributed by atoms with E-state index in [1.54, 1.807) is 17.7 Å². The lowest BCUT2D eigenvalue weighted by atomic mass is 10.2. The standard InChI is InChI=1S/C11H17N3O2/c1-13-7-9(6-10(13)11(15)16)8-14-4-2-12-3-5-14/h6-7,12H,2-5,8H2,1H3,(H,15,16). The molecule has 2 heterocycles. The van der Waals surface area contributed by atoms with E-state index in [4.69, 9.17) is 5.11 Å². The molecule has 16 heavy (non-hydrogen) atoms. The van der Waals surface area contributed by atoms with Gasteiger partial charge in [-0.25, -0.2) is 4.79 Å². The van der Waals surface area contributed by atoms with Crippen molar-refractivity contribution in [2.45, 2.75) is 6.54 Å². The normalized spacial score (nSPS) is 17.6. The molecule has 0 spiro atoms. The summed E-state index contributed by atoms with van der Waals surface area (Å²) in [7, 11) is 1.77. The second-order valence-electron chi connectivity index (χ2n) is 4.18. The SMILES string of the molecule is Cn1cc(CN2CCNCC2)cc1C(=O)O. The molecule has 1 aliphatic rings. The van der Waals surface area contributed by atoms with Crippen LogP contribution in [0.4, 0.5) is 0 Å². The Kier molecular flexibility index (Phi) is 3.26. The van der Waals surface area contributed by atoms with Crippen LogP contribution in [0.15, 0.2) is 12.3 Å². The molecule has 0 saturated carbocycles. The number of rotatable bonds is 3. The molecule has 0 aliphatic carbocycles. The van der Waals surface area contributed by atoms with Crippen LogP contribution in [0, 0.1) is 0 Å². The average Bonchev–Trinajstić information content (AvgIpc) is 2.61. The highest BCUT2D eigenvalue weighted by Gasteiger charge is 2.14. The second kappa shape index (κ2) is 4.67. The predicted molar refractivity (Wildman–Crippen MR) is 60.5 cm³/mol. The number of nitrogens with one attached hydrogen (secondary N) is 1.